The van der Waals surface area contributed by atoms with E-state index in [1.165, 1.54) is 5.56 Å². The molecule has 1 aromatic carbocycles. The van der Waals surface area contributed by atoms with Crippen LogP contribution in [-0.4, -0.2) is 19.8 Å². The quantitative estimate of drug-likeness (QED) is 0.549. The molecule has 0 aromatic heterocycles. The first-order valence-electron chi connectivity index (χ1n) is 6.24. The number of ether oxygens (including phenoxy) is 1. The fourth-order valence-electron chi connectivity index (χ4n) is 1.73. The Hall–Kier alpha value is -1.12. The van der Waals surface area contributed by atoms with Gasteiger partial charge in [0.25, 0.3) is 0 Å². The van der Waals surface area contributed by atoms with Crippen molar-refractivity contribution in [2.75, 3.05) is 19.8 Å². The van der Waals surface area contributed by atoms with Gasteiger partial charge in [0.2, 0.25) is 0 Å². The molecule has 1 rings (SSSR count). The molecule has 1 atom stereocenters. The predicted octanol–water partition coefficient (Wildman–Crippen LogP) is 3.32. The van der Waals surface area contributed by atoms with Crippen LogP contribution in [0.1, 0.15) is 31.9 Å². The van der Waals surface area contributed by atoms with E-state index >= 15 is 0 Å². The monoisotopic (exact) mass is 233 g/mol. The molecule has 2 heteroatoms. The molecule has 0 spiro atoms. The van der Waals surface area contributed by atoms with Gasteiger partial charge < -0.3 is 10.1 Å². The van der Waals surface area contributed by atoms with E-state index in [-0.39, 0.29) is 0 Å². The van der Waals surface area contributed by atoms with Crippen LogP contribution in [0.25, 0.3) is 0 Å². The largest absolute Gasteiger partial charge is 0.376 e. The van der Waals surface area contributed by atoms with Gasteiger partial charge in [-0.15, -0.1) is 0 Å². The molecule has 0 bridgehead atoms. The Morgan fingerprint density at radius 1 is 1.35 bits per heavy atom. The predicted molar refractivity (Wildman–Crippen MR) is 73.1 cm³/mol. The van der Waals surface area contributed by atoms with E-state index in [4.69, 9.17) is 4.74 Å². The molecule has 17 heavy (non-hydrogen) atoms. The van der Waals surface area contributed by atoms with Gasteiger partial charge in [-0.3, -0.25) is 0 Å². The second-order valence-electron chi connectivity index (χ2n) is 4.34. The normalized spacial score (nSPS) is 12.4. The van der Waals surface area contributed by atoms with Crippen molar-refractivity contribution in [2.24, 2.45) is 0 Å². The zero-order valence-electron chi connectivity index (χ0n) is 10.9. The molecule has 0 fully saturated rings. The van der Waals surface area contributed by atoms with E-state index in [1.54, 1.807) is 0 Å². The Balaban J connectivity index is 2.26. The van der Waals surface area contributed by atoms with Crippen LogP contribution in [0, 0.1) is 0 Å². The van der Waals surface area contributed by atoms with Crippen molar-refractivity contribution < 1.29 is 4.74 Å². The summed E-state index contributed by atoms with van der Waals surface area (Å²) in [5.41, 5.74) is 2.41. The van der Waals surface area contributed by atoms with E-state index < -0.39 is 0 Å². The summed E-state index contributed by atoms with van der Waals surface area (Å²) in [6.07, 6.45) is 1.09. The Morgan fingerprint density at radius 2 is 2.06 bits per heavy atom. The van der Waals surface area contributed by atoms with Crippen molar-refractivity contribution in [1.82, 2.24) is 5.32 Å². The number of benzene rings is 1. The second kappa shape index (κ2) is 8.04. The van der Waals surface area contributed by atoms with Crippen LogP contribution >= 0.6 is 0 Å². The topological polar surface area (TPSA) is 21.3 Å². The molecule has 0 heterocycles. The molecule has 0 saturated heterocycles. The Bertz CT molecular complexity index is 321. The first-order valence-corrected chi connectivity index (χ1v) is 6.24. The Kier molecular flexibility index (Phi) is 6.60. The zero-order chi connectivity index (χ0) is 12.5. The third kappa shape index (κ3) is 5.66. The van der Waals surface area contributed by atoms with E-state index in [2.05, 4.69) is 43.1 Å². The summed E-state index contributed by atoms with van der Waals surface area (Å²) >= 11 is 0. The lowest BCUT2D eigenvalue weighted by Crippen LogP contribution is -2.25. The van der Waals surface area contributed by atoms with Crippen LogP contribution < -0.4 is 5.32 Å². The third-order valence-corrected chi connectivity index (χ3v) is 2.60. The van der Waals surface area contributed by atoms with Crippen LogP contribution in [0.2, 0.25) is 0 Å². The van der Waals surface area contributed by atoms with Crippen molar-refractivity contribution >= 4 is 0 Å². The van der Waals surface area contributed by atoms with E-state index in [1.807, 2.05) is 13.0 Å². The summed E-state index contributed by atoms with van der Waals surface area (Å²) in [5, 5.41) is 3.50. The van der Waals surface area contributed by atoms with Crippen LogP contribution in [0.3, 0.4) is 0 Å². The lowest BCUT2D eigenvalue weighted by atomic mass is 10.1. The van der Waals surface area contributed by atoms with Crippen molar-refractivity contribution in [3.63, 3.8) is 0 Å². The second-order valence-corrected chi connectivity index (χ2v) is 4.34. The molecule has 0 saturated carbocycles. The number of nitrogens with one attached hydrogen (secondary N) is 1. The average molecular weight is 233 g/mol. The summed E-state index contributed by atoms with van der Waals surface area (Å²) in [5.74, 6) is 0. The SMILES string of the molecule is C=C(C)COCCNC(CC)c1ccccc1. The standard InChI is InChI=1S/C15H23NO/c1-4-15(14-8-6-5-7-9-14)16-10-11-17-12-13(2)3/h5-9,15-16H,2,4,10-12H2,1,3H3. The summed E-state index contributed by atoms with van der Waals surface area (Å²) < 4.78 is 5.46. The molecule has 0 aliphatic rings. The molecule has 2 nitrogen and oxygen atoms in total. The third-order valence-electron chi connectivity index (χ3n) is 2.60. The van der Waals surface area contributed by atoms with E-state index in [0.717, 1.165) is 25.1 Å². The van der Waals surface area contributed by atoms with Crippen LogP contribution in [0.4, 0.5) is 0 Å². The summed E-state index contributed by atoms with van der Waals surface area (Å²) in [6.45, 7) is 10.2. The van der Waals surface area contributed by atoms with E-state index in [9.17, 15) is 0 Å². The van der Waals surface area contributed by atoms with Crippen molar-refractivity contribution in [2.45, 2.75) is 26.3 Å². The molecule has 0 amide bonds. The number of rotatable bonds is 8. The fraction of sp³-hybridized carbons (Fsp3) is 0.467. The molecule has 94 valence electrons. The lowest BCUT2D eigenvalue weighted by molar-refractivity contribution is 0.155. The molecule has 0 aliphatic heterocycles. The maximum absolute atomic E-state index is 5.46. The maximum atomic E-state index is 5.46. The van der Waals surface area contributed by atoms with E-state index in [0.29, 0.717) is 12.6 Å². The minimum absolute atomic E-state index is 0.421. The highest BCUT2D eigenvalue weighted by molar-refractivity contribution is 5.18. The molecule has 1 aromatic rings. The minimum atomic E-state index is 0.421. The first kappa shape index (κ1) is 13.9. The van der Waals surface area contributed by atoms with Gasteiger partial charge in [0.05, 0.1) is 13.2 Å². The van der Waals surface area contributed by atoms with Gasteiger partial charge in [0, 0.05) is 12.6 Å². The molecule has 1 unspecified atom stereocenters. The lowest BCUT2D eigenvalue weighted by Gasteiger charge is -2.17. The maximum Gasteiger partial charge on any atom is 0.0672 e. The molecule has 0 radical (unpaired) electrons. The van der Waals surface area contributed by atoms with Gasteiger partial charge in [0.15, 0.2) is 0 Å². The highest BCUT2D eigenvalue weighted by Gasteiger charge is 2.06. The van der Waals surface area contributed by atoms with Gasteiger partial charge in [-0.1, -0.05) is 49.4 Å². The molecule has 0 aliphatic carbocycles. The highest BCUT2D eigenvalue weighted by Crippen LogP contribution is 2.15. The molecular weight excluding hydrogens is 210 g/mol. The summed E-state index contributed by atoms with van der Waals surface area (Å²) in [6, 6.07) is 11.0. The van der Waals surface area contributed by atoms with Crippen molar-refractivity contribution in [3.05, 3.63) is 48.0 Å². The van der Waals surface area contributed by atoms with Crippen LogP contribution in [-0.2, 0) is 4.74 Å². The van der Waals surface area contributed by atoms with Gasteiger partial charge in [0.1, 0.15) is 0 Å². The zero-order valence-corrected chi connectivity index (χ0v) is 10.9. The van der Waals surface area contributed by atoms with Crippen LogP contribution in [0.5, 0.6) is 0 Å². The molecule has 1 N–H and O–H groups in total. The first-order chi connectivity index (χ1) is 8.24. The van der Waals surface area contributed by atoms with Crippen LogP contribution in [0.15, 0.2) is 42.5 Å². The average Bonchev–Trinajstić information content (AvgIpc) is 2.34. The number of hydrogen-bond acceptors (Lipinski definition) is 2. The fourth-order valence-corrected chi connectivity index (χ4v) is 1.73. The van der Waals surface area contributed by atoms with Gasteiger partial charge in [-0.05, 0) is 18.9 Å². The minimum Gasteiger partial charge on any atom is -0.376 e. The highest BCUT2D eigenvalue weighted by atomic mass is 16.5. The Labute approximate surface area is 105 Å². The summed E-state index contributed by atoms with van der Waals surface area (Å²) in [4.78, 5) is 0. The van der Waals surface area contributed by atoms with Gasteiger partial charge in [-0.25, -0.2) is 0 Å². The van der Waals surface area contributed by atoms with Crippen molar-refractivity contribution in [1.29, 1.82) is 0 Å². The van der Waals surface area contributed by atoms with Crippen molar-refractivity contribution in [3.8, 4) is 0 Å². The molecular formula is C15H23NO. The van der Waals surface area contributed by atoms with Gasteiger partial charge >= 0.3 is 0 Å². The number of hydrogen-bond donors (Lipinski definition) is 1. The van der Waals surface area contributed by atoms with Gasteiger partial charge in [-0.2, -0.15) is 0 Å². The Morgan fingerprint density at radius 3 is 2.65 bits per heavy atom. The smallest absolute Gasteiger partial charge is 0.0672 e. The summed E-state index contributed by atoms with van der Waals surface area (Å²) in [7, 11) is 0.